The molecule has 1 rings (SSSR count). The number of urea groups is 1. The van der Waals surface area contributed by atoms with Gasteiger partial charge in [-0.25, -0.2) is 4.79 Å². The first kappa shape index (κ1) is 14.4. The van der Waals surface area contributed by atoms with Gasteiger partial charge in [0, 0.05) is 18.8 Å². The van der Waals surface area contributed by atoms with Gasteiger partial charge in [-0.2, -0.15) is 24.9 Å². The lowest BCUT2D eigenvalue weighted by Gasteiger charge is -2.21. The SMILES string of the molecule is O=C(NCCC(F)(F)F)NCC1(O)CCSC1. The maximum atomic E-state index is 11.8. The van der Waals surface area contributed by atoms with Crippen LogP contribution < -0.4 is 10.6 Å². The first-order chi connectivity index (χ1) is 7.81. The van der Waals surface area contributed by atoms with Crippen LogP contribution in [0, 0.1) is 0 Å². The minimum Gasteiger partial charge on any atom is -0.387 e. The van der Waals surface area contributed by atoms with E-state index >= 15 is 0 Å². The lowest BCUT2D eigenvalue weighted by atomic mass is 10.0. The van der Waals surface area contributed by atoms with Gasteiger partial charge in [0.2, 0.25) is 0 Å². The van der Waals surface area contributed by atoms with Crippen molar-refractivity contribution in [2.24, 2.45) is 0 Å². The van der Waals surface area contributed by atoms with E-state index in [9.17, 15) is 23.1 Å². The van der Waals surface area contributed by atoms with Gasteiger partial charge in [0.05, 0.1) is 12.0 Å². The van der Waals surface area contributed by atoms with Gasteiger partial charge in [-0.3, -0.25) is 0 Å². The number of carbonyl (C=O) groups is 1. The highest BCUT2D eigenvalue weighted by Crippen LogP contribution is 2.26. The third-order valence-corrected chi connectivity index (χ3v) is 3.59. The van der Waals surface area contributed by atoms with E-state index in [1.54, 1.807) is 11.8 Å². The molecule has 4 nitrogen and oxygen atoms in total. The minimum absolute atomic E-state index is 0.0673. The summed E-state index contributed by atoms with van der Waals surface area (Å²) in [6.45, 7) is -0.389. The first-order valence-electron chi connectivity index (χ1n) is 5.19. The van der Waals surface area contributed by atoms with Crippen LogP contribution >= 0.6 is 11.8 Å². The number of halogens is 3. The highest BCUT2D eigenvalue weighted by molar-refractivity contribution is 7.99. The van der Waals surface area contributed by atoms with E-state index in [0.717, 1.165) is 5.75 Å². The van der Waals surface area contributed by atoms with Gasteiger partial charge in [0.25, 0.3) is 0 Å². The molecule has 2 amide bonds. The Bertz CT molecular complexity index is 267. The molecule has 1 saturated heterocycles. The Labute approximate surface area is 101 Å². The predicted molar refractivity (Wildman–Crippen MR) is 59.0 cm³/mol. The number of amides is 2. The Morgan fingerprint density at radius 3 is 2.65 bits per heavy atom. The number of aliphatic hydroxyl groups is 1. The first-order valence-corrected chi connectivity index (χ1v) is 6.35. The fraction of sp³-hybridized carbons (Fsp3) is 0.889. The molecule has 0 saturated carbocycles. The van der Waals surface area contributed by atoms with Crippen LogP contribution in [0.5, 0.6) is 0 Å². The Hall–Kier alpha value is -0.630. The van der Waals surface area contributed by atoms with Gasteiger partial charge in [0.1, 0.15) is 0 Å². The van der Waals surface area contributed by atoms with Gasteiger partial charge in [-0.15, -0.1) is 0 Å². The second kappa shape index (κ2) is 5.81. The fourth-order valence-corrected chi connectivity index (χ4v) is 2.66. The number of carbonyl (C=O) groups excluding carboxylic acids is 1. The zero-order valence-corrected chi connectivity index (χ0v) is 9.96. The molecular weight excluding hydrogens is 257 g/mol. The van der Waals surface area contributed by atoms with Crippen molar-refractivity contribution in [2.75, 3.05) is 24.6 Å². The van der Waals surface area contributed by atoms with Crippen LogP contribution in [-0.4, -0.2) is 47.5 Å². The molecule has 0 aromatic rings. The topological polar surface area (TPSA) is 61.4 Å². The highest BCUT2D eigenvalue weighted by atomic mass is 32.2. The second-order valence-electron chi connectivity index (χ2n) is 4.00. The summed E-state index contributed by atoms with van der Waals surface area (Å²) in [6.07, 6.45) is -4.74. The third kappa shape index (κ3) is 6.02. The second-order valence-corrected chi connectivity index (χ2v) is 5.11. The Balaban J connectivity index is 2.13. The summed E-state index contributed by atoms with van der Waals surface area (Å²) in [5, 5.41) is 14.3. The van der Waals surface area contributed by atoms with Gasteiger partial charge >= 0.3 is 12.2 Å². The molecule has 0 aromatic carbocycles. The van der Waals surface area contributed by atoms with E-state index in [2.05, 4.69) is 10.6 Å². The molecular formula is C9H15F3N2O2S. The number of hydrogen-bond acceptors (Lipinski definition) is 3. The van der Waals surface area contributed by atoms with E-state index in [4.69, 9.17) is 0 Å². The maximum Gasteiger partial charge on any atom is 0.390 e. The Kier molecular flexibility index (Phi) is 4.93. The van der Waals surface area contributed by atoms with Crippen LogP contribution in [0.15, 0.2) is 0 Å². The summed E-state index contributed by atoms with van der Waals surface area (Å²) in [4.78, 5) is 11.1. The summed E-state index contributed by atoms with van der Waals surface area (Å²) in [7, 11) is 0. The van der Waals surface area contributed by atoms with Crippen molar-refractivity contribution in [3.05, 3.63) is 0 Å². The van der Waals surface area contributed by atoms with Gasteiger partial charge < -0.3 is 15.7 Å². The van der Waals surface area contributed by atoms with Crippen LogP contribution in [0.2, 0.25) is 0 Å². The summed E-state index contributed by atoms with van der Waals surface area (Å²) >= 11 is 1.58. The molecule has 1 unspecified atom stereocenters. The maximum absolute atomic E-state index is 11.8. The fourth-order valence-electron chi connectivity index (χ4n) is 1.36. The molecule has 1 aliphatic rings. The lowest BCUT2D eigenvalue weighted by molar-refractivity contribution is -0.132. The highest BCUT2D eigenvalue weighted by Gasteiger charge is 2.32. The number of nitrogens with one attached hydrogen (secondary N) is 2. The summed E-state index contributed by atoms with van der Waals surface area (Å²) in [6, 6.07) is -0.681. The molecule has 1 fully saturated rings. The molecule has 100 valence electrons. The monoisotopic (exact) mass is 272 g/mol. The van der Waals surface area contributed by atoms with Crippen molar-refractivity contribution in [1.82, 2.24) is 10.6 Å². The molecule has 17 heavy (non-hydrogen) atoms. The van der Waals surface area contributed by atoms with E-state index in [1.165, 1.54) is 0 Å². The zero-order valence-electron chi connectivity index (χ0n) is 9.14. The third-order valence-electron chi connectivity index (χ3n) is 2.35. The largest absolute Gasteiger partial charge is 0.390 e. The molecule has 0 radical (unpaired) electrons. The average molecular weight is 272 g/mol. The Morgan fingerprint density at radius 2 is 2.12 bits per heavy atom. The average Bonchev–Trinajstić information content (AvgIpc) is 2.61. The van der Waals surface area contributed by atoms with E-state index in [0.29, 0.717) is 12.2 Å². The van der Waals surface area contributed by atoms with E-state index < -0.39 is 30.8 Å². The molecule has 1 heterocycles. The van der Waals surface area contributed by atoms with Crippen molar-refractivity contribution in [2.45, 2.75) is 24.6 Å². The van der Waals surface area contributed by atoms with E-state index in [-0.39, 0.29) is 6.54 Å². The summed E-state index contributed by atoms with van der Waals surface area (Å²) in [5.41, 5.74) is -0.925. The van der Waals surface area contributed by atoms with Gasteiger partial charge in [0.15, 0.2) is 0 Å². The van der Waals surface area contributed by atoms with Crippen molar-refractivity contribution in [3.8, 4) is 0 Å². The molecule has 3 N–H and O–H groups in total. The van der Waals surface area contributed by atoms with Crippen LogP contribution in [0.25, 0.3) is 0 Å². The quantitative estimate of drug-likeness (QED) is 0.718. The van der Waals surface area contributed by atoms with Crippen molar-refractivity contribution in [1.29, 1.82) is 0 Å². The van der Waals surface area contributed by atoms with Crippen molar-refractivity contribution >= 4 is 17.8 Å². The van der Waals surface area contributed by atoms with Crippen molar-refractivity contribution in [3.63, 3.8) is 0 Å². The lowest BCUT2D eigenvalue weighted by Crippen LogP contribution is -2.46. The normalized spacial score (nSPS) is 24.7. The molecule has 0 bridgehead atoms. The number of alkyl halides is 3. The summed E-state index contributed by atoms with van der Waals surface area (Å²) < 4.78 is 35.4. The standard InChI is InChI=1S/C9H15F3N2O2S/c10-9(11,12)1-3-13-7(15)14-5-8(16)2-4-17-6-8/h16H,1-6H2,(H2,13,14,15). The Morgan fingerprint density at radius 1 is 1.41 bits per heavy atom. The van der Waals surface area contributed by atoms with Crippen molar-refractivity contribution < 1.29 is 23.1 Å². The molecule has 1 aliphatic heterocycles. The van der Waals surface area contributed by atoms with Crippen LogP contribution in [0.1, 0.15) is 12.8 Å². The van der Waals surface area contributed by atoms with Gasteiger partial charge in [-0.05, 0) is 12.2 Å². The van der Waals surface area contributed by atoms with Crippen LogP contribution in [0.4, 0.5) is 18.0 Å². The van der Waals surface area contributed by atoms with Gasteiger partial charge in [-0.1, -0.05) is 0 Å². The molecule has 0 aliphatic carbocycles. The summed E-state index contributed by atoms with van der Waals surface area (Å²) in [5.74, 6) is 1.36. The molecule has 0 spiro atoms. The predicted octanol–water partition coefficient (Wildman–Crippen LogP) is 1.11. The zero-order chi connectivity index (χ0) is 12.9. The van der Waals surface area contributed by atoms with E-state index in [1.807, 2.05) is 0 Å². The molecule has 8 heteroatoms. The molecule has 1 atom stereocenters. The minimum atomic E-state index is -4.27. The number of hydrogen-bond donors (Lipinski definition) is 3. The van der Waals surface area contributed by atoms with Crippen LogP contribution in [0.3, 0.4) is 0 Å². The number of rotatable bonds is 4. The van der Waals surface area contributed by atoms with Crippen LogP contribution in [-0.2, 0) is 0 Å². The molecule has 0 aromatic heterocycles. The number of thioether (sulfide) groups is 1. The smallest absolute Gasteiger partial charge is 0.387 e.